The van der Waals surface area contributed by atoms with Gasteiger partial charge in [-0.1, -0.05) is 19.1 Å². The number of nitrogens with one attached hydrogen (secondary N) is 1. The van der Waals surface area contributed by atoms with E-state index in [-0.39, 0.29) is 31.1 Å². The quantitative estimate of drug-likeness (QED) is 0.861. The number of carbonyl (C=O) groups excluding carboxylic acids is 2. The highest BCUT2D eigenvalue weighted by atomic mass is 16.5. The first kappa shape index (κ1) is 15.2. The van der Waals surface area contributed by atoms with Crippen molar-refractivity contribution in [2.45, 2.75) is 25.9 Å². The topological polar surface area (TPSA) is 67.9 Å². The van der Waals surface area contributed by atoms with Crippen molar-refractivity contribution in [2.75, 3.05) is 25.1 Å². The maximum atomic E-state index is 12.3. The summed E-state index contributed by atoms with van der Waals surface area (Å²) in [5, 5.41) is 2.73. The number of methoxy groups -OCH3 is 1. The Morgan fingerprint density at radius 2 is 2.19 bits per heavy atom. The van der Waals surface area contributed by atoms with Crippen molar-refractivity contribution in [3.05, 3.63) is 24.3 Å². The summed E-state index contributed by atoms with van der Waals surface area (Å²) in [6.07, 6.45) is 0.956. The molecule has 2 amide bonds. The van der Waals surface area contributed by atoms with E-state index in [1.807, 2.05) is 31.2 Å². The van der Waals surface area contributed by atoms with E-state index in [1.54, 1.807) is 4.90 Å². The average molecular weight is 292 g/mol. The molecule has 0 saturated heterocycles. The number of fused-ring (bicyclic) bond motifs is 1. The van der Waals surface area contributed by atoms with Crippen LogP contribution in [0.15, 0.2) is 24.3 Å². The number of hydrogen-bond acceptors (Lipinski definition) is 4. The molecule has 0 aliphatic carbocycles. The molecule has 2 rings (SSSR count). The fourth-order valence-corrected chi connectivity index (χ4v) is 2.17. The Balaban J connectivity index is 2.04. The van der Waals surface area contributed by atoms with E-state index in [0.717, 1.165) is 12.1 Å². The summed E-state index contributed by atoms with van der Waals surface area (Å²) in [4.78, 5) is 25.0. The van der Waals surface area contributed by atoms with Gasteiger partial charge in [-0.25, -0.2) is 4.79 Å². The van der Waals surface area contributed by atoms with Crippen LogP contribution in [0.4, 0.5) is 10.5 Å². The number of para-hydroxylation sites is 2. The number of esters is 1. The van der Waals surface area contributed by atoms with E-state index in [2.05, 4.69) is 10.1 Å². The standard InChI is InChI=1S/C15H20N2O4/c1-3-11-10-17(12-6-4-5-7-13(12)21-11)15(19)16-9-8-14(18)20-2/h4-7,11H,3,8-10H2,1-2H3,(H,16,19)/t11-/m1/s1. The number of anilines is 1. The fraction of sp³-hybridized carbons (Fsp3) is 0.467. The van der Waals surface area contributed by atoms with Crippen LogP contribution >= 0.6 is 0 Å². The molecule has 114 valence electrons. The third kappa shape index (κ3) is 3.65. The first-order valence-corrected chi connectivity index (χ1v) is 7.03. The van der Waals surface area contributed by atoms with Crippen LogP contribution < -0.4 is 15.0 Å². The predicted octanol–water partition coefficient (Wildman–Crippen LogP) is 1.94. The first-order valence-electron chi connectivity index (χ1n) is 7.03. The van der Waals surface area contributed by atoms with Gasteiger partial charge >= 0.3 is 12.0 Å². The lowest BCUT2D eigenvalue weighted by Gasteiger charge is -2.34. The number of rotatable bonds is 4. The Morgan fingerprint density at radius 3 is 2.90 bits per heavy atom. The normalized spacial score (nSPS) is 16.7. The smallest absolute Gasteiger partial charge is 0.322 e. The van der Waals surface area contributed by atoms with E-state index in [4.69, 9.17) is 4.74 Å². The molecule has 1 atom stereocenters. The van der Waals surface area contributed by atoms with Gasteiger partial charge in [0.1, 0.15) is 11.9 Å². The van der Waals surface area contributed by atoms with Crippen molar-refractivity contribution in [2.24, 2.45) is 0 Å². The Kier molecular flexibility index (Phi) is 5.03. The van der Waals surface area contributed by atoms with Crippen LogP contribution in [0.3, 0.4) is 0 Å². The molecular weight excluding hydrogens is 272 g/mol. The molecule has 1 aromatic carbocycles. The largest absolute Gasteiger partial charge is 0.486 e. The molecular formula is C15H20N2O4. The summed E-state index contributed by atoms with van der Waals surface area (Å²) in [5.41, 5.74) is 0.748. The minimum absolute atomic E-state index is 0.0220. The minimum Gasteiger partial charge on any atom is -0.486 e. The van der Waals surface area contributed by atoms with E-state index in [9.17, 15) is 9.59 Å². The molecule has 0 unspecified atom stereocenters. The monoisotopic (exact) mass is 292 g/mol. The zero-order valence-electron chi connectivity index (χ0n) is 12.3. The molecule has 0 radical (unpaired) electrons. The lowest BCUT2D eigenvalue weighted by Crippen LogP contribution is -2.48. The van der Waals surface area contributed by atoms with Gasteiger partial charge in [-0.05, 0) is 18.6 Å². The maximum absolute atomic E-state index is 12.3. The number of carbonyl (C=O) groups is 2. The highest BCUT2D eigenvalue weighted by molar-refractivity contribution is 5.94. The highest BCUT2D eigenvalue weighted by Gasteiger charge is 2.28. The molecule has 1 N–H and O–H groups in total. The zero-order valence-corrected chi connectivity index (χ0v) is 12.3. The Hall–Kier alpha value is -2.24. The fourth-order valence-electron chi connectivity index (χ4n) is 2.17. The van der Waals surface area contributed by atoms with Crippen molar-refractivity contribution in [1.29, 1.82) is 0 Å². The molecule has 1 aliphatic heterocycles. The van der Waals surface area contributed by atoms with Crippen LogP contribution in [0, 0.1) is 0 Å². The highest BCUT2D eigenvalue weighted by Crippen LogP contribution is 2.33. The van der Waals surface area contributed by atoms with Gasteiger partial charge < -0.3 is 14.8 Å². The SMILES string of the molecule is CC[C@@H]1CN(C(=O)NCCC(=O)OC)c2ccccc2O1. The van der Waals surface area contributed by atoms with Crippen LogP contribution in [-0.2, 0) is 9.53 Å². The van der Waals surface area contributed by atoms with Gasteiger partial charge in [0.05, 0.1) is 25.8 Å². The first-order chi connectivity index (χ1) is 10.2. The number of amides is 2. The second-order valence-electron chi connectivity index (χ2n) is 4.78. The lowest BCUT2D eigenvalue weighted by atomic mass is 10.1. The van der Waals surface area contributed by atoms with E-state index >= 15 is 0 Å². The molecule has 0 aromatic heterocycles. The van der Waals surface area contributed by atoms with Gasteiger partial charge in [-0.3, -0.25) is 9.69 Å². The molecule has 0 bridgehead atoms. The third-order valence-corrected chi connectivity index (χ3v) is 3.37. The van der Waals surface area contributed by atoms with Gasteiger partial charge in [-0.2, -0.15) is 0 Å². The average Bonchev–Trinajstić information content (AvgIpc) is 2.53. The van der Waals surface area contributed by atoms with Crippen molar-refractivity contribution >= 4 is 17.7 Å². The number of urea groups is 1. The molecule has 0 spiro atoms. The summed E-state index contributed by atoms with van der Waals surface area (Å²) in [7, 11) is 1.33. The van der Waals surface area contributed by atoms with Crippen LogP contribution in [-0.4, -0.2) is 38.3 Å². The van der Waals surface area contributed by atoms with Gasteiger partial charge in [0.25, 0.3) is 0 Å². The van der Waals surface area contributed by atoms with Crippen molar-refractivity contribution in [3.8, 4) is 5.75 Å². The van der Waals surface area contributed by atoms with Gasteiger partial charge in [0.15, 0.2) is 0 Å². The Morgan fingerprint density at radius 1 is 1.43 bits per heavy atom. The Labute approximate surface area is 124 Å². The maximum Gasteiger partial charge on any atom is 0.322 e. The number of ether oxygens (including phenoxy) is 2. The van der Waals surface area contributed by atoms with E-state index < -0.39 is 0 Å². The van der Waals surface area contributed by atoms with Crippen LogP contribution in [0.25, 0.3) is 0 Å². The van der Waals surface area contributed by atoms with Crippen molar-refractivity contribution < 1.29 is 19.1 Å². The third-order valence-electron chi connectivity index (χ3n) is 3.37. The van der Waals surface area contributed by atoms with Crippen molar-refractivity contribution in [3.63, 3.8) is 0 Å². The summed E-state index contributed by atoms with van der Waals surface area (Å²) < 4.78 is 10.4. The number of hydrogen-bond donors (Lipinski definition) is 1. The molecule has 0 saturated carbocycles. The number of nitrogens with zero attached hydrogens (tertiary/aromatic N) is 1. The van der Waals surface area contributed by atoms with Crippen LogP contribution in [0.5, 0.6) is 5.75 Å². The molecule has 1 aromatic rings. The van der Waals surface area contributed by atoms with Gasteiger partial charge in [0.2, 0.25) is 0 Å². The second-order valence-corrected chi connectivity index (χ2v) is 4.78. The van der Waals surface area contributed by atoms with Gasteiger partial charge in [0, 0.05) is 6.54 Å². The molecule has 6 heteroatoms. The molecule has 6 nitrogen and oxygen atoms in total. The minimum atomic E-state index is -0.343. The molecule has 0 fully saturated rings. The molecule has 1 heterocycles. The molecule has 21 heavy (non-hydrogen) atoms. The summed E-state index contributed by atoms with van der Waals surface area (Å²) in [5.74, 6) is 0.364. The van der Waals surface area contributed by atoms with Crippen LogP contribution in [0.1, 0.15) is 19.8 Å². The zero-order chi connectivity index (χ0) is 15.2. The van der Waals surface area contributed by atoms with Gasteiger partial charge in [-0.15, -0.1) is 0 Å². The lowest BCUT2D eigenvalue weighted by molar-refractivity contribution is -0.140. The summed E-state index contributed by atoms with van der Waals surface area (Å²) >= 11 is 0. The summed E-state index contributed by atoms with van der Waals surface area (Å²) in [6.45, 7) is 2.77. The molecule has 1 aliphatic rings. The second kappa shape index (κ2) is 6.97. The van der Waals surface area contributed by atoms with Crippen LogP contribution in [0.2, 0.25) is 0 Å². The van der Waals surface area contributed by atoms with Crippen molar-refractivity contribution in [1.82, 2.24) is 5.32 Å². The summed E-state index contributed by atoms with van der Waals surface area (Å²) in [6, 6.07) is 7.22. The predicted molar refractivity (Wildman–Crippen MR) is 78.5 cm³/mol. The van der Waals surface area contributed by atoms with E-state index in [0.29, 0.717) is 12.3 Å². The van der Waals surface area contributed by atoms with E-state index in [1.165, 1.54) is 7.11 Å². The Bertz CT molecular complexity index is 518. The number of benzene rings is 1.